The molecule has 0 saturated carbocycles. The van der Waals surface area contributed by atoms with Crippen molar-refractivity contribution >= 4 is 0 Å². The van der Waals surface area contributed by atoms with Crippen LogP contribution in [0.25, 0.3) is 0 Å². The molecule has 1 rings (SSSR count). The van der Waals surface area contributed by atoms with Crippen LogP contribution in [0.4, 0.5) is 4.39 Å². The lowest BCUT2D eigenvalue weighted by Crippen LogP contribution is -2.31. The van der Waals surface area contributed by atoms with E-state index in [2.05, 4.69) is 6.07 Å². The fourth-order valence-corrected chi connectivity index (χ4v) is 1.72. The normalized spacial score (nSPS) is 10.4. The van der Waals surface area contributed by atoms with Crippen LogP contribution in [0.3, 0.4) is 0 Å². The first-order chi connectivity index (χ1) is 8.60. The number of nitriles is 2. The van der Waals surface area contributed by atoms with Crippen molar-refractivity contribution in [1.82, 2.24) is 4.90 Å². The first kappa shape index (κ1) is 14.2. The Bertz CT molecular complexity index is 483. The predicted molar refractivity (Wildman–Crippen MR) is 66.9 cm³/mol. The Morgan fingerprint density at radius 1 is 1.33 bits per heavy atom. The highest BCUT2D eigenvalue weighted by molar-refractivity contribution is 5.34. The second-order valence-corrected chi connectivity index (χ2v) is 4.36. The highest BCUT2D eigenvalue weighted by Crippen LogP contribution is 2.16. The zero-order valence-corrected chi connectivity index (χ0v) is 10.7. The average Bonchev–Trinajstić information content (AvgIpc) is 2.36. The Balaban J connectivity index is 2.88. The van der Waals surface area contributed by atoms with Crippen molar-refractivity contribution in [3.63, 3.8) is 0 Å². The van der Waals surface area contributed by atoms with Crippen LogP contribution in [0, 0.1) is 28.5 Å². The maximum absolute atomic E-state index is 13.9. The van der Waals surface area contributed by atoms with Gasteiger partial charge in [0, 0.05) is 31.1 Å². The van der Waals surface area contributed by atoms with Gasteiger partial charge in [0.05, 0.1) is 11.6 Å². The van der Waals surface area contributed by atoms with Crippen LogP contribution in [0.15, 0.2) is 18.2 Å². The fourth-order valence-electron chi connectivity index (χ4n) is 1.72. The standard InChI is InChI=1S/C14H16FN3/c1-11(2)18(8-4-7-16)10-13-6-3-5-12(9-17)14(13)15/h3,5-6,11H,4,8,10H2,1-2H3. The van der Waals surface area contributed by atoms with E-state index in [4.69, 9.17) is 10.5 Å². The molecular weight excluding hydrogens is 229 g/mol. The number of hydrogen-bond donors (Lipinski definition) is 0. The van der Waals surface area contributed by atoms with E-state index in [1.165, 1.54) is 6.07 Å². The van der Waals surface area contributed by atoms with Crippen molar-refractivity contribution < 1.29 is 4.39 Å². The number of benzene rings is 1. The molecule has 0 aliphatic rings. The molecule has 0 amide bonds. The summed E-state index contributed by atoms with van der Waals surface area (Å²) in [4.78, 5) is 2.02. The van der Waals surface area contributed by atoms with Gasteiger partial charge in [-0.2, -0.15) is 10.5 Å². The minimum absolute atomic E-state index is 0.0662. The second kappa shape index (κ2) is 6.74. The van der Waals surface area contributed by atoms with Gasteiger partial charge in [0.15, 0.2) is 0 Å². The third-order valence-corrected chi connectivity index (χ3v) is 2.81. The van der Waals surface area contributed by atoms with Crippen LogP contribution in [-0.4, -0.2) is 17.5 Å². The van der Waals surface area contributed by atoms with Gasteiger partial charge < -0.3 is 0 Å². The molecule has 0 aliphatic carbocycles. The van der Waals surface area contributed by atoms with E-state index in [1.807, 2.05) is 24.8 Å². The quantitative estimate of drug-likeness (QED) is 0.801. The van der Waals surface area contributed by atoms with E-state index in [0.29, 0.717) is 25.1 Å². The molecule has 4 heteroatoms. The molecule has 0 heterocycles. The van der Waals surface area contributed by atoms with Crippen molar-refractivity contribution in [3.8, 4) is 12.1 Å². The molecule has 3 nitrogen and oxygen atoms in total. The second-order valence-electron chi connectivity index (χ2n) is 4.36. The van der Waals surface area contributed by atoms with Gasteiger partial charge in [0.1, 0.15) is 11.9 Å². The Morgan fingerprint density at radius 2 is 2.06 bits per heavy atom. The molecule has 1 aromatic rings. The summed E-state index contributed by atoms with van der Waals surface area (Å²) in [5, 5.41) is 17.4. The van der Waals surface area contributed by atoms with Gasteiger partial charge in [0.25, 0.3) is 0 Å². The maximum Gasteiger partial charge on any atom is 0.145 e. The van der Waals surface area contributed by atoms with Gasteiger partial charge in [-0.15, -0.1) is 0 Å². The largest absolute Gasteiger partial charge is 0.296 e. The summed E-state index contributed by atoms with van der Waals surface area (Å²) in [5.41, 5.74) is 0.567. The minimum atomic E-state index is -0.456. The van der Waals surface area contributed by atoms with Crippen molar-refractivity contribution in [2.24, 2.45) is 0 Å². The SMILES string of the molecule is CC(C)N(CCC#N)Cc1cccc(C#N)c1F. The van der Waals surface area contributed by atoms with E-state index in [0.717, 1.165) is 0 Å². The van der Waals surface area contributed by atoms with Gasteiger partial charge in [-0.25, -0.2) is 4.39 Å². The Kier molecular flexibility index (Phi) is 5.30. The number of nitrogens with zero attached hydrogens (tertiary/aromatic N) is 3. The molecule has 0 bridgehead atoms. The lowest BCUT2D eigenvalue weighted by Gasteiger charge is -2.25. The van der Waals surface area contributed by atoms with Gasteiger partial charge in [0.2, 0.25) is 0 Å². The van der Waals surface area contributed by atoms with Crippen molar-refractivity contribution in [1.29, 1.82) is 10.5 Å². The van der Waals surface area contributed by atoms with Gasteiger partial charge in [-0.3, -0.25) is 4.90 Å². The lowest BCUT2D eigenvalue weighted by atomic mass is 10.1. The van der Waals surface area contributed by atoms with E-state index >= 15 is 0 Å². The molecule has 0 spiro atoms. The molecule has 0 aromatic heterocycles. The molecule has 0 atom stereocenters. The summed E-state index contributed by atoms with van der Waals surface area (Å²) in [6, 6.07) is 8.97. The first-order valence-corrected chi connectivity index (χ1v) is 5.88. The van der Waals surface area contributed by atoms with Crippen LogP contribution in [0.1, 0.15) is 31.4 Å². The third kappa shape index (κ3) is 3.55. The molecule has 0 saturated heterocycles. The van der Waals surface area contributed by atoms with Gasteiger partial charge in [-0.05, 0) is 19.9 Å². The molecule has 0 radical (unpaired) electrons. The molecule has 18 heavy (non-hydrogen) atoms. The highest BCUT2D eigenvalue weighted by Gasteiger charge is 2.14. The van der Waals surface area contributed by atoms with E-state index in [-0.39, 0.29) is 11.6 Å². The summed E-state index contributed by atoms with van der Waals surface area (Å²) in [5.74, 6) is -0.456. The number of hydrogen-bond acceptors (Lipinski definition) is 3. The molecule has 1 aromatic carbocycles. The van der Waals surface area contributed by atoms with Crippen molar-refractivity contribution in [2.45, 2.75) is 32.9 Å². The van der Waals surface area contributed by atoms with Gasteiger partial charge >= 0.3 is 0 Å². The lowest BCUT2D eigenvalue weighted by molar-refractivity contribution is 0.215. The molecule has 94 valence electrons. The van der Waals surface area contributed by atoms with Gasteiger partial charge in [-0.1, -0.05) is 12.1 Å². The zero-order chi connectivity index (χ0) is 13.5. The van der Waals surface area contributed by atoms with Crippen LogP contribution in [-0.2, 0) is 6.54 Å². The molecular formula is C14H16FN3. The highest BCUT2D eigenvalue weighted by atomic mass is 19.1. The van der Waals surface area contributed by atoms with Crippen LogP contribution in [0.2, 0.25) is 0 Å². The Morgan fingerprint density at radius 3 is 2.61 bits per heavy atom. The number of rotatable bonds is 5. The predicted octanol–water partition coefficient (Wildman–Crippen LogP) is 2.82. The van der Waals surface area contributed by atoms with Crippen LogP contribution < -0.4 is 0 Å². The zero-order valence-electron chi connectivity index (χ0n) is 10.7. The Hall–Kier alpha value is -1.91. The topological polar surface area (TPSA) is 50.8 Å². The van der Waals surface area contributed by atoms with E-state index in [1.54, 1.807) is 12.1 Å². The summed E-state index contributed by atoms with van der Waals surface area (Å²) in [6.45, 7) is 5.03. The van der Waals surface area contributed by atoms with E-state index < -0.39 is 5.82 Å². The first-order valence-electron chi connectivity index (χ1n) is 5.88. The van der Waals surface area contributed by atoms with Crippen molar-refractivity contribution in [3.05, 3.63) is 35.1 Å². The molecule has 0 aliphatic heterocycles. The monoisotopic (exact) mass is 245 g/mol. The Labute approximate surface area is 107 Å². The molecule has 0 N–H and O–H groups in total. The summed E-state index contributed by atoms with van der Waals surface area (Å²) in [6.07, 6.45) is 0.414. The summed E-state index contributed by atoms with van der Waals surface area (Å²) in [7, 11) is 0. The summed E-state index contributed by atoms with van der Waals surface area (Å²) >= 11 is 0. The number of halogens is 1. The molecule has 0 fully saturated rings. The minimum Gasteiger partial charge on any atom is -0.296 e. The third-order valence-electron chi connectivity index (χ3n) is 2.81. The maximum atomic E-state index is 13.9. The van der Waals surface area contributed by atoms with Crippen LogP contribution >= 0.6 is 0 Å². The van der Waals surface area contributed by atoms with E-state index in [9.17, 15) is 4.39 Å². The summed E-state index contributed by atoms with van der Waals surface area (Å²) < 4.78 is 13.9. The molecule has 0 unspecified atom stereocenters. The average molecular weight is 245 g/mol. The smallest absolute Gasteiger partial charge is 0.145 e. The van der Waals surface area contributed by atoms with Crippen molar-refractivity contribution in [2.75, 3.05) is 6.54 Å². The van der Waals surface area contributed by atoms with Crippen LogP contribution in [0.5, 0.6) is 0 Å². The fraction of sp³-hybridized carbons (Fsp3) is 0.429.